The maximum atomic E-state index is 11.1. The van der Waals surface area contributed by atoms with Crippen LogP contribution in [0.5, 0.6) is 0 Å². The SMILES string of the molecule is CN(C)C(=O)/C=C/c1cnccn1. The van der Waals surface area contributed by atoms with E-state index in [1.54, 1.807) is 38.8 Å². The Bertz CT molecular complexity index is 306. The molecule has 1 amide bonds. The van der Waals surface area contributed by atoms with Crippen LogP contribution in [0.15, 0.2) is 24.7 Å². The zero-order valence-corrected chi connectivity index (χ0v) is 7.64. The fraction of sp³-hybridized carbons (Fsp3) is 0.222. The molecule has 0 atom stereocenters. The summed E-state index contributed by atoms with van der Waals surface area (Å²) in [5, 5.41) is 0. The third-order valence-electron chi connectivity index (χ3n) is 1.42. The largest absolute Gasteiger partial charge is 0.345 e. The quantitative estimate of drug-likeness (QED) is 0.621. The van der Waals surface area contributed by atoms with E-state index in [1.807, 2.05) is 0 Å². The number of likely N-dealkylation sites (N-methyl/N-ethyl adjacent to an activating group) is 1. The van der Waals surface area contributed by atoms with Gasteiger partial charge in [-0.1, -0.05) is 0 Å². The molecule has 0 fully saturated rings. The van der Waals surface area contributed by atoms with Gasteiger partial charge in [0, 0.05) is 32.6 Å². The van der Waals surface area contributed by atoms with Crippen LogP contribution in [0.1, 0.15) is 5.69 Å². The predicted molar refractivity (Wildman–Crippen MR) is 49.8 cm³/mol. The molecule has 0 aliphatic carbocycles. The molecule has 1 aromatic rings. The number of amides is 1. The fourth-order valence-electron chi connectivity index (χ4n) is 0.702. The molecule has 0 aliphatic rings. The summed E-state index contributed by atoms with van der Waals surface area (Å²) in [4.78, 5) is 20.5. The lowest BCUT2D eigenvalue weighted by atomic mass is 10.4. The summed E-state index contributed by atoms with van der Waals surface area (Å²) in [6, 6.07) is 0. The molecule has 0 saturated carbocycles. The number of nitrogens with zero attached hydrogens (tertiary/aromatic N) is 3. The Kier molecular flexibility index (Phi) is 3.14. The molecule has 0 radical (unpaired) electrons. The van der Waals surface area contributed by atoms with Gasteiger partial charge in [-0.05, 0) is 6.08 Å². The van der Waals surface area contributed by atoms with Crippen molar-refractivity contribution in [3.8, 4) is 0 Å². The first kappa shape index (κ1) is 9.38. The van der Waals surface area contributed by atoms with Gasteiger partial charge in [0.2, 0.25) is 5.91 Å². The number of carbonyl (C=O) groups is 1. The summed E-state index contributed by atoms with van der Waals surface area (Å²) in [5.41, 5.74) is 0.678. The van der Waals surface area contributed by atoms with Gasteiger partial charge >= 0.3 is 0 Å². The molecule has 0 aromatic carbocycles. The maximum Gasteiger partial charge on any atom is 0.246 e. The van der Waals surface area contributed by atoms with Crippen molar-refractivity contribution in [2.24, 2.45) is 0 Å². The van der Waals surface area contributed by atoms with Gasteiger partial charge in [-0.2, -0.15) is 0 Å². The summed E-state index contributed by atoms with van der Waals surface area (Å²) in [5.74, 6) is -0.0642. The van der Waals surface area contributed by atoms with E-state index in [0.717, 1.165) is 0 Å². The zero-order chi connectivity index (χ0) is 9.68. The number of hydrogen-bond donors (Lipinski definition) is 0. The second-order valence-corrected chi connectivity index (χ2v) is 2.70. The molecule has 0 bridgehead atoms. The lowest BCUT2D eigenvalue weighted by molar-refractivity contribution is -0.123. The summed E-state index contributed by atoms with van der Waals surface area (Å²) < 4.78 is 0. The van der Waals surface area contributed by atoms with E-state index in [1.165, 1.54) is 11.0 Å². The third-order valence-corrected chi connectivity index (χ3v) is 1.42. The molecule has 1 heterocycles. The van der Waals surface area contributed by atoms with E-state index >= 15 is 0 Å². The van der Waals surface area contributed by atoms with Crippen LogP contribution in [0.25, 0.3) is 6.08 Å². The Morgan fingerprint density at radius 1 is 1.46 bits per heavy atom. The molecular formula is C9H11N3O. The number of rotatable bonds is 2. The van der Waals surface area contributed by atoms with Gasteiger partial charge < -0.3 is 4.90 Å². The normalized spacial score (nSPS) is 10.3. The van der Waals surface area contributed by atoms with Gasteiger partial charge in [0.05, 0.1) is 11.9 Å². The van der Waals surface area contributed by atoms with Crippen LogP contribution in [0.2, 0.25) is 0 Å². The summed E-state index contributed by atoms with van der Waals surface area (Å²) in [6.07, 6.45) is 7.86. The van der Waals surface area contributed by atoms with Crippen molar-refractivity contribution < 1.29 is 4.79 Å². The van der Waals surface area contributed by atoms with Crippen molar-refractivity contribution in [2.75, 3.05) is 14.1 Å². The minimum Gasteiger partial charge on any atom is -0.345 e. The molecule has 0 aliphatic heterocycles. The Morgan fingerprint density at radius 3 is 2.77 bits per heavy atom. The van der Waals surface area contributed by atoms with Crippen molar-refractivity contribution in [3.05, 3.63) is 30.4 Å². The van der Waals surface area contributed by atoms with Crippen molar-refractivity contribution in [1.82, 2.24) is 14.9 Å². The lowest BCUT2D eigenvalue weighted by Gasteiger charge is -2.04. The third kappa shape index (κ3) is 3.02. The van der Waals surface area contributed by atoms with Crippen LogP contribution < -0.4 is 0 Å². The van der Waals surface area contributed by atoms with E-state index in [9.17, 15) is 4.79 Å². The molecule has 1 rings (SSSR count). The average Bonchev–Trinajstić information content (AvgIpc) is 2.15. The van der Waals surface area contributed by atoms with Crippen LogP contribution in [0.3, 0.4) is 0 Å². The van der Waals surface area contributed by atoms with Crippen LogP contribution in [0.4, 0.5) is 0 Å². The van der Waals surface area contributed by atoms with Crippen LogP contribution in [-0.2, 0) is 4.79 Å². The molecule has 0 N–H and O–H groups in total. The molecule has 68 valence electrons. The first-order valence-electron chi connectivity index (χ1n) is 3.85. The minimum absolute atomic E-state index is 0.0642. The highest BCUT2D eigenvalue weighted by atomic mass is 16.2. The van der Waals surface area contributed by atoms with Crippen LogP contribution >= 0.6 is 0 Å². The topological polar surface area (TPSA) is 46.1 Å². The van der Waals surface area contributed by atoms with Gasteiger partial charge in [0.25, 0.3) is 0 Å². The first-order chi connectivity index (χ1) is 6.20. The molecule has 4 nitrogen and oxygen atoms in total. The molecule has 0 spiro atoms. The second-order valence-electron chi connectivity index (χ2n) is 2.70. The molecule has 4 heteroatoms. The van der Waals surface area contributed by atoms with Crippen molar-refractivity contribution in [2.45, 2.75) is 0 Å². The monoisotopic (exact) mass is 177 g/mol. The van der Waals surface area contributed by atoms with Gasteiger partial charge in [0.1, 0.15) is 0 Å². The Balaban J connectivity index is 2.64. The van der Waals surface area contributed by atoms with Gasteiger partial charge in [-0.15, -0.1) is 0 Å². The highest BCUT2D eigenvalue weighted by Gasteiger charge is 1.96. The summed E-state index contributed by atoms with van der Waals surface area (Å²) in [7, 11) is 3.40. The summed E-state index contributed by atoms with van der Waals surface area (Å²) >= 11 is 0. The Morgan fingerprint density at radius 2 is 2.23 bits per heavy atom. The molecule has 0 unspecified atom stereocenters. The molecular weight excluding hydrogens is 166 g/mol. The zero-order valence-electron chi connectivity index (χ0n) is 7.64. The average molecular weight is 177 g/mol. The van der Waals surface area contributed by atoms with Gasteiger partial charge in [-0.25, -0.2) is 0 Å². The predicted octanol–water partition coefficient (Wildman–Crippen LogP) is 0.578. The van der Waals surface area contributed by atoms with Gasteiger partial charge in [0.15, 0.2) is 0 Å². The van der Waals surface area contributed by atoms with Crippen molar-refractivity contribution in [1.29, 1.82) is 0 Å². The van der Waals surface area contributed by atoms with E-state index in [0.29, 0.717) is 5.69 Å². The lowest BCUT2D eigenvalue weighted by Crippen LogP contribution is -2.18. The highest BCUT2D eigenvalue weighted by Crippen LogP contribution is 1.94. The smallest absolute Gasteiger partial charge is 0.246 e. The first-order valence-corrected chi connectivity index (χ1v) is 3.85. The van der Waals surface area contributed by atoms with E-state index < -0.39 is 0 Å². The Hall–Kier alpha value is -1.71. The minimum atomic E-state index is -0.0642. The van der Waals surface area contributed by atoms with Gasteiger partial charge in [-0.3, -0.25) is 14.8 Å². The standard InChI is InChI=1S/C9H11N3O/c1-12(2)9(13)4-3-8-7-10-5-6-11-8/h3-7H,1-2H3/b4-3+. The van der Waals surface area contributed by atoms with Crippen LogP contribution in [-0.4, -0.2) is 34.9 Å². The van der Waals surface area contributed by atoms with Crippen molar-refractivity contribution >= 4 is 12.0 Å². The number of hydrogen-bond acceptors (Lipinski definition) is 3. The molecule has 0 saturated heterocycles. The van der Waals surface area contributed by atoms with E-state index in [2.05, 4.69) is 9.97 Å². The highest BCUT2D eigenvalue weighted by molar-refractivity contribution is 5.91. The van der Waals surface area contributed by atoms with Crippen LogP contribution in [0, 0.1) is 0 Å². The van der Waals surface area contributed by atoms with Crippen molar-refractivity contribution in [3.63, 3.8) is 0 Å². The van der Waals surface area contributed by atoms with E-state index in [4.69, 9.17) is 0 Å². The molecule has 1 aromatic heterocycles. The molecule has 13 heavy (non-hydrogen) atoms. The number of carbonyl (C=O) groups excluding carboxylic acids is 1. The number of aromatic nitrogens is 2. The fourth-order valence-corrected chi connectivity index (χ4v) is 0.702. The summed E-state index contributed by atoms with van der Waals surface area (Å²) in [6.45, 7) is 0. The second kappa shape index (κ2) is 4.35. The Labute approximate surface area is 76.9 Å². The van der Waals surface area contributed by atoms with E-state index in [-0.39, 0.29) is 5.91 Å². The maximum absolute atomic E-state index is 11.1.